The Hall–Kier alpha value is -1.85. The fraction of sp³-hybridized carbons (Fsp3) is 0.545. The highest BCUT2D eigenvalue weighted by Gasteiger charge is 2.13. The summed E-state index contributed by atoms with van der Waals surface area (Å²) in [7, 11) is 1.63. The van der Waals surface area contributed by atoms with Crippen LogP contribution < -0.4 is 16.2 Å². The van der Waals surface area contributed by atoms with E-state index in [1.807, 2.05) is 20.8 Å². The van der Waals surface area contributed by atoms with Gasteiger partial charge in [-0.3, -0.25) is 9.59 Å². The van der Waals surface area contributed by atoms with Gasteiger partial charge in [-0.1, -0.05) is 0 Å². The zero-order chi connectivity index (χ0) is 13.1. The van der Waals surface area contributed by atoms with Crippen LogP contribution in [0.5, 0.6) is 0 Å². The first kappa shape index (κ1) is 13.2. The molecule has 0 radical (unpaired) electrons. The van der Waals surface area contributed by atoms with Gasteiger partial charge in [0.05, 0.1) is 6.54 Å². The van der Waals surface area contributed by atoms with Gasteiger partial charge in [0.15, 0.2) is 5.82 Å². The standard InChI is InChI=1S/C11H18N4O2/c1-11(2,3)14-8(16)7-13-9-10(17)15(4)6-5-12-9/h5-6H,7H2,1-4H3,(H,12,13)(H,14,16). The Morgan fingerprint density at radius 1 is 1.47 bits per heavy atom. The second-order valence-electron chi connectivity index (χ2n) is 4.84. The molecule has 0 aliphatic carbocycles. The summed E-state index contributed by atoms with van der Waals surface area (Å²) >= 11 is 0. The number of aromatic nitrogens is 2. The number of amides is 1. The lowest BCUT2D eigenvalue weighted by molar-refractivity contribution is -0.120. The summed E-state index contributed by atoms with van der Waals surface area (Å²) in [6.45, 7) is 5.71. The van der Waals surface area contributed by atoms with Crippen molar-refractivity contribution in [3.63, 3.8) is 0 Å². The molecule has 1 aromatic rings. The second-order valence-corrected chi connectivity index (χ2v) is 4.84. The molecule has 1 amide bonds. The van der Waals surface area contributed by atoms with Gasteiger partial charge in [0.1, 0.15) is 0 Å². The third-order valence-electron chi connectivity index (χ3n) is 1.95. The number of hydrogen-bond donors (Lipinski definition) is 2. The van der Waals surface area contributed by atoms with E-state index in [4.69, 9.17) is 0 Å². The Morgan fingerprint density at radius 2 is 2.12 bits per heavy atom. The zero-order valence-corrected chi connectivity index (χ0v) is 10.6. The van der Waals surface area contributed by atoms with E-state index in [2.05, 4.69) is 15.6 Å². The van der Waals surface area contributed by atoms with Crippen molar-refractivity contribution in [3.8, 4) is 0 Å². The van der Waals surface area contributed by atoms with Gasteiger partial charge in [-0.2, -0.15) is 0 Å². The monoisotopic (exact) mass is 238 g/mol. The molecule has 1 aromatic heterocycles. The minimum absolute atomic E-state index is 0.0313. The molecular weight excluding hydrogens is 220 g/mol. The van der Waals surface area contributed by atoms with Gasteiger partial charge in [-0.15, -0.1) is 0 Å². The molecule has 94 valence electrons. The quantitative estimate of drug-likeness (QED) is 0.783. The Bertz CT molecular complexity index is 459. The average Bonchev–Trinajstić information content (AvgIpc) is 2.18. The molecule has 0 aromatic carbocycles. The fourth-order valence-electron chi connectivity index (χ4n) is 1.25. The van der Waals surface area contributed by atoms with Crippen LogP contribution >= 0.6 is 0 Å². The highest BCUT2D eigenvalue weighted by atomic mass is 16.2. The smallest absolute Gasteiger partial charge is 0.293 e. The normalized spacial score (nSPS) is 11.1. The molecule has 0 aliphatic heterocycles. The van der Waals surface area contributed by atoms with Crippen LogP contribution in [0.3, 0.4) is 0 Å². The maximum Gasteiger partial charge on any atom is 0.293 e. The fourth-order valence-corrected chi connectivity index (χ4v) is 1.25. The van der Waals surface area contributed by atoms with Crippen molar-refractivity contribution in [1.82, 2.24) is 14.9 Å². The molecule has 2 N–H and O–H groups in total. The van der Waals surface area contributed by atoms with Crippen LogP contribution in [-0.4, -0.2) is 27.5 Å². The van der Waals surface area contributed by atoms with Gasteiger partial charge in [-0.05, 0) is 20.8 Å². The average molecular weight is 238 g/mol. The number of nitrogens with one attached hydrogen (secondary N) is 2. The molecule has 0 atom stereocenters. The van der Waals surface area contributed by atoms with Gasteiger partial charge < -0.3 is 15.2 Å². The maximum absolute atomic E-state index is 11.6. The van der Waals surface area contributed by atoms with E-state index in [-0.39, 0.29) is 29.4 Å². The lowest BCUT2D eigenvalue weighted by atomic mass is 10.1. The van der Waals surface area contributed by atoms with Crippen LogP contribution in [0.4, 0.5) is 5.82 Å². The number of hydrogen-bond acceptors (Lipinski definition) is 4. The highest BCUT2D eigenvalue weighted by molar-refractivity contribution is 5.80. The summed E-state index contributed by atoms with van der Waals surface area (Å²) in [4.78, 5) is 27.0. The third-order valence-corrected chi connectivity index (χ3v) is 1.95. The van der Waals surface area contributed by atoms with Crippen molar-refractivity contribution < 1.29 is 4.79 Å². The van der Waals surface area contributed by atoms with E-state index in [0.29, 0.717) is 0 Å². The Balaban J connectivity index is 2.60. The van der Waals surface area contributed by atoms with E-state index >= 15 is 0 Å². The van der Waals surface area contributed by atoms with Gasteiger partial charge >= 0.3 is 0 Å². The molecule has 0 spiro atoms. The lowest BCUT2D eigenvalue weighted by Gasteiger charge is -2.20. The third kappa shape index (κ3) is 4.26. The van der Waals surface area contributed by atoms with Crippen LogP contribution in [0.2, 0.25) is 0 Å². The highest BCUT2D eigenvalue weighted by Crippen LogP contribution is 1.98. The van der Waals surface area contributed by atoms with Crippen molar-refractivity contribution in [2.24, 2.45) is 7.05 Å². The molecule has 1 heterocycles. The Morgan fingerprint density at radius 3 is 2.71 bits per heavy atom. The molecule has 0 bridgehead atoms. The Kier molecular flexibility index (Phi) is 3.88. The number of nitrogens with zero attached hydrogens (tertiary/aromatic N) is 2. The van der Waals surface area contributed by atoms with Gasteiger partial charge in [0.2, 0.25) is 5.91 Å². The maximum atomic E-state index is 11.6. The van der Waals surface area contributed by atoms with Crippen LogP contribution in [0.1, 0.15) is 20.8 Å². The molecule has 6 nitrogen and oxygen atoms in total. The molecule has 0 aliphatic rings. The first-order valence-electron chi connectivity index (χ1n) is 5.36. The number of carbonyl (C=O) groups is 1. The molecule has 0 fully saturated rings. The van der Waals surface area contributed by atoms with Gasteiger partial charge in [0.25, 0.3) is 5.56 Å². The number of rotatable bonds is 3. The molecule has 6 heteroatoms. The summed E-state index contributed by atoms with van der Waals surface area (Å²) < 4.78 is 1.40. The summed E-state index contributed by atoms with van der Waals surface area (Å²) in [5.41, 5.74) is -0.538. The van der Waals surface area contributed by atoms with Crippen molar-refractivity contribution >= 4 is 11.7 Å². The first-order valence-corrected chi connectivity index (χ1v) is 5.36. The minimum atomic E-state index is -0.284. The SMILES string of the molecule is Cn1ccnc(NCC(=O)NC(C)(C)C)c1=O. The van der Waals surface area contributed by atoms with E-state index in [0.717, 1.165) is 0 Å². The van der Waals surface area contributed by atoms with Gasteiger partial charge in [-0.25, -0.2) is 4.98 Å². The molecule has 1 rings (SSSR count). The predicted molar refractivity (Wildman–Crippen MR) is 65.9 cm³/mol. The van der Waals surface area contributed by atoms with E-state index in [1.54, 1.807) is 13.2 Å². The van der Waals surface area contributed by atoms with E-state index in [1.165, 1.54) is 10.8 Å². The van der Waals surface area contributed by atoms with Crippen LogP contribution in [-0.2, 0) is 11.8 Å². The number of carbonyl (C=O) groups excluding carboxylic acids is 1. The van der Waals surface area contributed by atoms with E-state index in [9.17, 15) is 9.59 Å². The summed E-state index contributed by atoms with van der Waals surface area (Å²) in [6, 6.07) is 0. The van der Waals surface area contributed by atoms with Crippen molar-refractivity contribution in [3.05, 3.63) is 22.7 Å². The predicted octanol–water partition coefficient (Wildman–Crippen LogP) is 0.107. The number of aryl methyl sites for hydroxylation is 1. The summed E-state index contributed by atoms with van der Waals surface area (Å²) in [5.74, 6) is 0.00395. The zero-order valence-electron chi connectivity index (χ0n) is 10.6. The topological polar surface area (TPSA) is 76.0 Å². The molecule has 0 unspecified atom stereocenters. The largest absolute Gasteiger partial charge is 0.356 e. The first-order chi connectivity index (χ1) is 7.79. The van der Waals surface area contributed by atoms with Crippen molar-refractivity contribution in [2.75, 3.05) is 11.9 Å². The second kappa shape index (κ2) is 4.99. The van der Waals surface area contributed by atoms with Crippen LogP contribution in [0.25, 0.3) is 0 Å². The van der Waals surface area contributed by atoms with E-state index < -0.39 is 0 Å². The minimum Gasteiger partial charge on any atom is -0.356 e. The van der Waals surface area contributed by atoms with Gasteiger partial charge in [0, 0.05) is 25.0 Å². The molecule has 0 saturated carbocycles. The van der Waals surface area contributed by atoms with Crippen molar-refractivity contribution in [2.45, 2.75) is 26.3 Å². The molecule has 17 heavy (non-hydrogen) atoms. The summed E-state index contributed by atoms with van der Waals surface area (Å²) in [5, 5.41) is 5.51. The lowest BCUT2D eigenvalue weighted by Crippen LogP contribution is -2.43. The summed E-state index contributed by atoms with van der Waals surface area (Å²) in [6.07, 6.45) is 3.06. The number of anilines is 1. The Labute approximate surface area is 100 Å². The molecular formula is C11H18N4O2. The molecule has 0 saturated heterocycles. The van der Waals surface area contributed by atoms with Crippen LogP contribution in [0, 0.1) is 0 Å². The van der Waals surface area contributed by atoms with Crippen LogP contribution in [0.15, 0.2) is 17.2 Å². The van der Waals surface area contributed by atoms with Crippen molar-refractivity contribution in [1.29, 1.82) is 0 Å².